The largest absolute Gasteiger partial charge is 0.491 e. The Balaban J connectivity index is 1.33. The fraction of sp³-hybridized carbons (Fsp3) is 0.611. The second-order valence-corrected chi connectivity index (χ2v) is 7.34. The molecule has 118 valence electrons. The van der Waals surface area contributed by atoms with E-state index in [2.05, 4.69) is 36.6 Å². The van der Waals surface area contributed by atoms with Crippen LogP contribution in [0.15, 0.2) is 18.2 Å². The van der Waals surface area contributed by atoms with Crippen LogP contribution in [-0.4, -0.2) is 31.1 Å². The van der Waals surface area contributed by atoms with E-state index in [9.17, 15) is 4.79 Å². The highest BCUT2D eigenvalue weighted by molar-refractivity contribution is 5.83. The van der Waals surface area contributed by atoms with Crippen molar-refractivity contribution in [3.63, 3.8) is 0 Å². The number of carbonyl (C=O) groups is 1. The predicted molar refractivity (Wildman–Crippen MR) is 84.9 cm³/mol. The quantitative estimate of drug-likeness (QED) is 0.872. The summed E-state index contributed by atoms with van der Waals surface area (Å²) in [6, 6.07) is 6.23. The van der Waals surface area contributed by atoms with E-state index in [4.69, 9.17) is 4.74 Å². The lowest BCUT2D eigenvalue weighted by atomic mass is 10.1. The van der Waals surface area contributed by atoms with Gasteiger partial charge < -0.3 is 15.4 Å². The van der Waals surface area contributed by atoms with E-state index in [-0.39, 0.29) is 17.4 Å². The SMILES string of the molecule is Cc1ccc(OCC2(NC(=O)C3C4CNCC43)CC2)c(C)c1. The maximum atomic E-state index is 12.4. The molecule has 1 aromatic carbocycles. The average molecular weight is 300 g/mol. The number of hydrogen-bond acceptors (Lipinski definition) is 3. The highest BCUT2D eigenvalue weighted by Crippen LogP contribution is 2.49. The summed E-state index contributed by atoms with van der Waals surface area (Å²) in [7, 11) is 0. The second kappa shape index (κ2) is 4.98. The molecule has 1 heterocycles. The van der Waals surface area contributed by atoms with Crippen LogP contribution in [-0.2, 0) is 4.79 Å². The van der Waals surface area contributed by atoms with Gasteiger partial charge in [0.2, 0.25) is 5.91 Å². The first-order chi connectivity index (χ1) is 10.6. The Labute approximate surface area is 131 Å². The van der Waals surface area contributed by atoms with Crippen molar-refractivity contribution in [2.24, 2.45) is 17.8 Å². The number of carbonyl (C=O) groups excluding carboxylic acids is 1. The van der Waals surface area contributed by atoms with Crippen molar-refractivity contribution in [1.29, 1.82) is 0 Å². The fourth-order valence-electron chi connectivity index (χ4n) is 3.79. The Kier molecular flexibility index (Phi) is 3.19. The molecule has 22 heavy (non-hydrogen) atoms. The van der Waals surface area contributed by atoms with Gasteiger partial charge in [-0.25, -0.2) is 0 Å². The zero-order valence-electron chi connectivity index (χ0n) is 13.3. The monoisotopic (exact) mass is 300 g/mol. The molecule has 2 unspecified atom stereocenters. The smallest absolute Gasteiger partial charge is 0.224 e. The van der Waals surface area contributed by atoms with Crippen LogP contribution in [0.1, 0.15) is 24.0 Å². The molecule has 4 heteroatoms. The summed E-state index contributed by atoms with van der Waals surface area (Å²) < 4.78 is 5.99. The summed E-state index contributed by atoms with van der Waals surface area (Å²) in [6.07, 6.45) is 2.06. The molecule has 3 aliphatic rings. The molecule has 3 fully saturated rings. The molecule has 2 N–H and O–H groups in total. The molecule has 0 spiro atoms. The predicted octanol–water partition coefficient (Wildman–Crippen LogP) is 1.80. The molecule has 1 aromatic rings. The first-order valence-electron chi connectivity index (χ1n) is 8.31. The van der Waals surface area contributed by atoms with E-state index in [0.717, 1.165) is 37.2 Å². The van der Waals surface area contributed by atoms with Gasteiger partial charge in [-0.15, -0.1) is 0 Å². The van der Waals surface area contributed by atoms with Crippen LogP contribution < -0.4 is 15.4 Å². The second-order valence-electron chi connectivity index (χ2n) is 7.34. The molecule has 0 radical (unpaired) electrons. The molecular weight excluding hydrogens is 276 g/mol. The van der Waals surface area contributed by atoms with Crippen LogP contribution in [0, 0.1) is 31.6 Å². The van der Waals surface area contributed by atoms with E-state index in [0.29, 0.717) is 18.4 Å². The molecule has 2 atom stereocenters. The third kappa shape index (κ3) is 2.50. The molecule has 4 nitrogen and oxygen atoms in total. The van der Waals surface area contributed by atoms with Crippen LogP contribution in [0.5, 0.6) is 5.75 Å². The van der Waals surface area contributed by atoms with Crippen molar-refractivity contribution in [1.82, 2.24) is 10.6 Å². The van der Waals surface area contributed by atoms with Crippen LogP contribution in [0.2, 0.25) is 0 Å². The number of fused-ring (bicyclic) bond motifs is 1. The molecule has 0 aromatic heterocycles. The zero-order chi connectivity index (χ0) is 15.3. The van der Waals surface area contributed by atoms with Crippen LogP contribution in [0.25, 0.3) is 0 Å². The van der Waals surface area contributed by atoms with E-state index in [1.807, 2.05) is 6.07 Å². The van der Waals surface area contributed by atoms with Gasteiger partial charge >= 0.3 is 0 Å². The number of nitrogens with one attached hydrogen (secondary N) is 2. The highest BCUT2D eigenvalue weighted by atomic mass is 16.5. The summed E-state index contributed by atoms with van der Waals surface area (Å²) in [5.74, 6) is 2.59. The van der Waals surface area contributed by atoms with Crippen LogP contribution >= 0.6 is 0 Å². The Morgan fingerprint density at radius 3 is 2.68 bits per heavy atom. The summed E-state index contributed by atoms with van der Waals surface area (Å²) in [5.41, 5.74) is 2.29. The lowest BCUT2D eigenvalue weighted by Crippen LogP contribution is -2.43. The van der Waals surface area contributed by atoms with Gasteiger partial charge in [0.05, 0.1) is 5.54 Å². The molecule has 0 bridgehead atoms. The molecule has 1 aliphatic heterocycles. The van der Waals surface area contributed by atoms with Crippen molar-refractivity contribution >= 4 is 5.91 Å². The number of piperidine rings is 1. The van der Waals surface area contributed by atoms with Crippen molar-refractivity contribution in [2.75, 3.05) is 19.7 Å². The molecule has 1 amide bonds. The first-order valence-corrected chi connectivity index (χ1v) is 8.31. The molecule has 4 rings (SSSR count). The van der Waals surface area contributed by atoms with Gasteiger partial charge in [0.1, 0.15) is 12.4 Å². The van der Waals surface area contributed by atoms with Gasteiger partial charge in [-0.05, 0) is 63.2 Å². The summed E-state index contributed by atoms with van der Waals surface area (Å²) in [4.78, 5) is 12.4. The van der Waals surface area contributed by atoms with Gasteiger partial charge in [-0.2, -0.15) is 0 Å². The zero-order valence-corrected chi connectivity index (χ0v) is 13.3. The number of aryl methyl sites for hydroxylation is 2. The van der Waals surface area contributed by atoms with Gasteiger partial charge in [-0.1, -0.05) is 17.7 Å². The van der Waals surface area contributed by atoms with E-state index < -0.39 is 0 Å². The summed E-state index contributed by atoms with van der Waals surface area (Å²) in [6.45, 7) is 6.76. The van der Waals surface area contributed by atoms with Gasteiger partial charge in [0, 0.05) is 5.92 Å². The maximum Gasteiger partial charge on any atom is 0.224 e. The van der Waals surface area contributed by atoms with Crippen LogP contribution in [0.4, 0.5) is 0 Å². The first kappa shape index (κ1) is 14.1. The minimum absolute atomic E-state index is 0.112. The maximum absolute atomic E-state index is 12.4. The normalized spacial score (nSPS) is 30.5. The summed E-state index contributed by atoms with van der Waals surface area (Å²) in [5, 5.41) is 6.61. The van der Waals surface area contributed by atoms with Crippen LogP contribution in [0.3, 0.4) is 0 Å². The van der Waals surface area contributed by atoms with Crippen molar-refractivity contribution in [3.05, 3.63) is 29.3 Å². The van der Waals surface area contributed by atoms with Crippen molar-refractivity contribution in [3.8, 4) is 5.75 Å². The Bertz CT molecular complexity index is 599. The molecular formula is C18H24N2O2. The molecule has 2 saturated carbocycles. The minimum atomic E-state index is -0.112. The minimum Gasteiger partial charge on any atom is -0.491 e. The molecule has 2 aliphatic carbocycles. The highest BCUT2D eigenvalue weighted by Gasteiger charge is 2.58. The van der Waals surface area contributed by atoms with Crippen molar-refractivity contribution in [2.45, 2.75) is 32.2 Å². The standard InChI is InChI=1S/C18H24N2O2/c1-11-3-4-15(12(2)7-11)22-10-18(5-6-18)20-17(21)16-13-8-19-9-14(13)16/h3-4,7,13-14,16,19H,5-6,8-10H2,1-2H3,(H,20,21). The van der Waals surface area contributed by atoms with E-state index in [1.54, 1.807) is 0 Å². The Morgan fingerprint density at radius 2 is 2.05 bits per heavy atom. The number of rotatable bonds is 5. The Hall–Kier alpha value is -1.55. The number of hydrogen-bond donors (Lipinski definition) is 2. The van der Waals surface area contributed by atoms with Gasteiger partial charge in [0.15, 0.2) is 0 Å². The number of benzene rings is 1. The average Bonchev–Trinajstić information content (AvgIpc) is 3.35. The lowest BCUT2D eigenvalue weighted by Gasteiger charge is -2.20. The van der Waals surface area contributed by atoms with Crippen molar-refractivity contribution < 1.29 is 9.53 Å². The summed E-state index contributed by atoms with van der Waals surface area (Å²) >= 11 is 0. The topological polar surface area (TPSA) is 50.4 Å². The third-order valence-electron chi connectivity index (χ3n) is 5.47. The van der Waals surface area contributed by atoms with E-state index >= 15 is 0 Å². The lowest BCUT2D eigenvalue weighted by molar-refractivity contribution is -0.124. The fourth-order valence-corrected chi connectivity index (χ4v) is 3.79. The molecule has 1 saturated heterocycles. The van der Waals surface area contributed by atoms with Gasteiger partial charge in [0.25, 0.3) is 0 Å². The van der Waals surface area contributed by atoms with E-state index in [1.165, 1.54) is 5.56 Å². The third-order valence-corrected chi connectivity index (χ3v) is 5.47. The number of amides is 1. The number of ether oxygens (including phenoxy) is 1. The Morgan fingerprint density at radius 1 is 1.32 bits per heavy atom. The van der Waals surface area contributed by atoms with Gasteiger partial charge in [-0.3, -0.25) is 4.79 Å².